The van der Waals surface area contributed by atoms with Gasteiger partial charge in [0, 0.05) is 25.3 Å². The van der Waals surface area contributed by atoms with Crippen LogP contribution in [0.1, 0.15) is 34.6 Å². The molecule has 0 saturated heterocycles. The molecule has 0 bridgehead atoms. The molecular formula is C20H32N4O4S. The Hall–Kier alpha value is -2.15. The molecule has 0 saturated carbocycles. The first-order chi connectivity index (χ1) is 13.7. The number of carbonyl (C=O) groups is 1. The van der Waals surface area contributed by atoms with Crippen molar-refractivity contribution < 1.29 is 17.9 Å². The van der Waals surface area contributed by atoms with E-state index in [1.54, 1.807) is 39.8 Å². The summed E-state index contributed by atoms with van der Waals surface area (Å²) in [4.78, 5) is 14.3. The van der Waals surface area contributed by atoms with Crippen LogP contribution in [0.4, 0.5) is 5.69 Å². The van der Waals surface area contributed by atoms with E-state index in [2.05, 4.69) is 11.4 Å². The fourth-order valence-electron chi connectivity index (χ4n) is 2.90. The lowest BCUT2D eigenvalue weighted by atomic mass is 10.2. The summed E-state index contributed by atoms with van der Waals surface area (Å²) in [7, 11) is -3.75. The molecule has 0 spiro atoms. The molecule has 1 aromatic carbocycles. The monoisotopic (exact) mass is 424 g/mol. The van der Waals surface area contributed by atoms with Crippen molar-refractivity contribution in [2.45, 2.75) is 39.5 Å². The van der Waals surface area contributed by atoms with Crippen LogP contribution >= 0.6 is 0 Å². The van der Waals surface area contributed by atoms with Crippen LogP contribution in [0.15, 0.2) is 23.1 Å². The highest BCUT2D eigenvalue weighted by atomic mass is 32.2. The van der Waals surface area contributed by atoms with E-state index >= 15 is 0 Å². The summed E-state index contributed by atoms with van der Waals surface area (Å²) in [5.41, 5.74) is 0.383. The minimum Gasteiger partial charge on any atom is -0.492 e. The van der Waals surface area contributed by atoms with Crippen molar-refractivity contribution in [3.05, 3.63) is 18.2 Å². The average Bonchev–Trinajstić information content (AvgIpc) is 2.69. The Bertz CT molecular complexity index is 816. The number of benzene rings is 1. The Balaban J connectivity index is 3.10. The second-order valence-electron chi connectivity index (χ2n) is 6.59. The van der Waals surface area contributed by atoms with Gasteiger partial charge >= 0.3 is 0 Å². The van der Waals surface area contributed by atoms with Gasteiger partial charge < -0.3 is 10.1 Å². The van der Waals surface area contributed by atoms with Crippen molar-refractivity contribution in [3.8, 4) is 11.8 Å². The first kappa shape index (κ1) is 24.9. The van der Waals surface area contributed by atoms with Crippen LogP contribution in [-0.4, -0.2) is 62.9 Å². The highest BCUT2D eigenvalue weighted by Crippen LogP contribution is 2.30. The number of carbonyl (C=O) groups excluding carboxylic acids is 1. The Morgan fingerprint density at radius 2 is 1.86 bits per heavy atom. The van der Waals surface area contributed by atoms with Crippen LogP contribution in [0.25, 0.3) is 0 Å². The van der Waals surface area contributed by atoms with Gasteiger partial charge in [-0.15, -0.1) is 0 Å². The smallest absolute Gasteiger partial charge is 0.246 e. The van der Waals surface area contributed by atoms with E-state index < -0.39 is 10.0 Å². The van der Waals surface area contributed by atoms with Crippen molar-refractivity contribution >= 4 is 21.6 Å². The zero-order valence-electron chi connectivity index (χ0n) is 17.9. The quantitative estimate of drug-likeness (QED) is 0.553. The maximum Gasteiger partial charge on any atom is 0.246 e. The van der Waals surface area contributed by atoms with Gasteiger partial charge in [0.25, 0.3) is 0 Å². The number of ether oxygens (including phenoxy) is 1. The van der Waals surface area contributed by atoms with Crippen molar-refractivity contribution in [3.63, 3.8) is 0 Å². The van der Waals surface area contributed by atoms with Gasteiger partial charge in [-0.05, 0) is 38.6 Å². The Morgan fingerprint density at radius 3 is 2.38 bits per heavy atom. The van der Waals surface area contributed by atoms with Gasteiger partial charge in [0.15, 0.2) is 0 Å². The fraction of sp³-hybridized carbons (Fsp3) is 0.600. The van der Waals surface area contributed by atoms with Crippen molar-refractivity contribution in [1.29, 1.82) is 5.26 Å². The third-order valence-corrected chi connectivity index (χ3v) is 6.49. The molecule has 0 aromatic heterocycles. The number of likely N-dealkylation sites (N-methyl/N-ethyl adjacent to an activating group) is 1. The van der Waals surface area contributed by atoms with Gasteiger partial charge in [-0.1, -0.05) is 20.8 Å². The van der Waals surface area contributed by atoms with E-state index in [0.29, 0.717) is 38.5 Å². The molecule has 0 aliphatic carbocycles. The van der Waals surface area contributed by atoms with E-state index in [-0.39, 0.29) is 29.0 Å². The normalized spacial score (nSPS) is 12.6. The Morgan fingerprint density at radius 1 is 1.21 bits per heavy atom. The lowest BCUT2D eigenvalue weighted by Crippen LogP contribution is -2.36. The highest BCUT2D eigenvalue weighted by Gasteiger charge is 2.26. The van der Waals surface area contributed by atoms with Crippen molar-refractivity contribution in [2.75, 3.05) is 44.6 Å². The van der Waals surface area contributed by atoms with Crippen molar-refractivity contribution in [2.24, 2.45) is 5.92 Å². The molecule has 29 heavy (non-hydrogen) atoms. The van der Waals surface area contributed by atoms with Crippen LogP contribution in [0.5, 0.6) is 5.75 Å². The van der Waals surface area contributed by atoms with Gasteiger partial charge in [-0.3, -0.25) is 9.69 Å². The third kappa shape index (κ3) is 6.99. The zero-order chi connectivity index (χ0) is 22.0. The lowest BCUT2D eigenvalue weighted by molar-refractivity contribution is -0.117. The van der Waals surface area contributed by atoms with Crippen LogP contribution in [0.2, 0.25) is 0 Å². The van der Waals surface area contributed by atoms with Gasteiger partial charge in [-0.25, -0.2) is 8.42 Å². The number of nitrogens with one attached hydrogen (secondary N) is 1. The maximum atomic E-state index is 13.0. The number of hydrogen-bond donors (Lipinski definition) is 1. The maximum absolute atomic E-state index is 13.0. The van der Waals surface area contributed by atoms with Gasteiger partial charge in [0.2, 0.25) is 15.9 Å². The number of anilines is 1. The minimum atomic E-state index is -3.75. The van der Waals surface area contributed by atoms with E-state index in [9.17, 15) is 13.2 Å². The fourth-order valence-corrected chi connectivity index (χ4v) is 4.52. The van der Waals surface area contributed by atoms with Gasteiger partial charge in [0.05, 0.1) is 25.1 Å². The van der Waals surface area contributed by atoms with E-state index in [1.807, 2.05) is 11.8 Å². The number of nitriles is 1. The molecule has 0 fully saturated rings. The first-order valence-electron chi connectivity index (χ1n) is 9.92. The number of amides is 1. The second kappa shape index (κ2) is 11.8. The Labute approximate surface area is 174 Å². The summed E-state index contributed by atoms with van der Waals surface area (Å²) in [6, 6.07) is 6.78. The average molecular weight is 425 g/mol. The molecule has 1 aromatic rings. The summed E-state index contributed by atoms with van der Waals surface area (Å²) in [5, 5.41) is 11.7. The summed E-state index contributed by atoms with van der Waals surface area (Å²) in [6.07, 6.45) is 0. The molecule has 0 radical (unpaired) electrons. The summed E-state index contributed by atoms with van der Waals surface area (Å²) < 4.78 is 32.9. The molecule has 0 aliphatic rings. The third-order valence-electron chi connectivity index (χ3n) is 4.42. The van der Waals surface area contributed by atoms with Gasteiger partial charge in [0.1, 0.15) is 10.6 Å². The van der Waals surface area contributed by atoms with E-state index in [1.165, 1.54) is 10.4 Å². The standard InChI is InChI=1S/C20H32N4O4S/c1-6-23(14-16(5)13-21)15-20(25)22-17-10-11-18(28-9-4)19(12-17)29(26,27)24(7-2)8-3/h10-12,16H,6-9,14-15H2,1-5H3,(H,22,25). The molecule has 1 atom stereocenters. The second-order valence-corrected chi connectivity index (χ2v) is 8.50. The molecule has 9 heteroatoms. The Kier molecular flexibility index (Phi) is 10.1. The number of rotatable bonds is 12. The molecule has 0 heterocycles. The van der Waals surface area contributed by atoms with E-state index in [0.717, 1.165) is 0 Å². The molecule has 162 valence electrons. The van der Waals surface area contributed by atoms with E-state index in [4.69, 9.17) is 10.00 Å². The van der Waals surface area contributed by atoms with Crippen LogP contribution in [-0.2, 0) is 14.8 Å². The van der Waals surface area contributed by atoms with Gasteiger partial charge in [-0.2, -0.15) is 9.57 Å². The first-order valence-corrected chi connectivity index (χ1v) is 11.4. The SMILES string of the molecule is CCOc1ccc(NC(=O)CN(CC)CC(C)C#N)cc1S(=O)(=O)N(CC)CC. The minimum absolute atomic E-state index is 0.0336. The molecule has 1 amide bonds. The van der Waals surface area contributed by atoms with Crippen LogP contribution in [0, 0.1) is 17.2 Å². The zero-order valence-corrected chi connectivity index (χ0v) is 18.8. The highest BCUT2D eigenvalue weighted by molar-refractivity contribution is 7.89. The summed E-state index contributed by atoms with van der Waals surface area (Å²) >= 11 is 0. The predicted octanol–water partition coefficient (Wildman–Crippen LogP) is 2.54. The number of hydrogen-bond acceptors (Lipinski definition) is 6. The molecule has 8 nitrogen and oxygen atoms in total. The van der Waals surface area contributed by atoms with Crippen LogP contribution < -0.4 is 10.1 Å². The topological polar surface area (TPSA) is 103 Å². The largest absolute Gasteiger partial charge is 0.492 e. The molecule has 1 unspecified atom stereocenters. The number of sulfonamides is 1. The molecule has 0 aliphatic heterocycles. The van der Waals surface area contributed by atoms with Crippen LogP contribution in [0.3, 0.4) is 0 Å². The summed E-state index contributed by atoms with van der Waals surface area (Å²) in [5.74, 6) is -0.193. The summed E-state index contributed by atoms with van der Waals surface area (Å²) in [6.45, 7) is 11.3. The molecular weight excluding hydrogens is 392 g/mol. The van der Waals surface area contributed by atoms with Crippen molar-refractivity contribution in [1.82, 2.24) is 9.21 Å². The number of nitrogens with zero attached hydrogens (tertiary/aromatic N) is 3. The lowest BCUT2D eigenvalue weighted by Gasteiger charge is -2.22. The predicted molar refractivity (Wildman–Crippen MR) is 113 cm³/mol. The molecule has 1 N–H and O–H groups in total. The molecule has 1 rings (SSSR count).